The van der Waals surface area contributed by atoms with E-state index < -0.39 is 12.1 Å². The highest BCUT2D eigenvalue weighted by Crippen LogP contribution is 2.27. The van der Waals surface area contributed by atoms with Crippen molar-refractivity contribution >= 4 is 6.29 Å². The lowest BCUT2D eigenvalue weighted by molar-refractivity contribution is -0.178. The molecule has 0 amide bonds. The van der Waals surface area contributed by atoms with Gasteiger partial charge in [0.15, 0.2) is 0 Å². The molecule has 0 radical (unpaired) electrons. The van der Waals surface area contributed by atoms with Crippen molar-refractivity contribution in [3.63, 3.8) is 0 Å². The van der Waals surface area contributed by atoms with Gasteiger partial charge in [0.1, 0.15) is 12.2 Å². The van der Waals surface area contributed by atoms with Gasteiger partial charge in [-0.2, -0.15) is 13.2 Å². The lowest BCUT2D eigenvalue weighted by Gasteiger charge is -2.14. The van der Waals surface area contributed by atoms with E-state index in [1.807, 2.05) is 30.3 Å². The van der Waals surface area contributed by atoms with Crippen LogP contribution in [0.4, 0.5) is 13.2 Å². The minimum absolute atomic E-state index is 0.0775. The molecule has 94 valence electrons. The maximum atomic E-state index is 12.2. The molecule has 0 aliphatic rings. The predicted molar refractivity (Wildman–Crippen MR) is 56.3 cm³/mol. The quantitative estimate of drug-likeness (QED) is 0.569. The number of halogens is 3. The Bertz CT molecular complexity index is 335. The maximum Gasteiger partial charge on any atom is 0.398 e. The summed E-state index contributed by atoms with van der Waals surface area (Å²) in [6.07, 6.45) is -4.89. The number of benzene rings is 1. The molecule has 1 atom stereocenters. The molecule has 0 aromatic heterocycles. The van der Waals surface area contributed by atoms with Gasteiger partial charge in [0.2, 0.25) is 0 Å². The monoisotopic (exact) mass is 246 g/mol. The molecule has 0 bridgehead atoms. The van der Waals surface area contributed by atoms with Crippen LogP contribution in [0.2, 0.25) is 0 Å². The minimum atomic E-state index is -4.47. The van der Waals surface area contributed by atoms with Crippen LogP contribution in [0.25, 0.3) is 0 Å². The van der Waals surface area contributed by atoms with Gasteiger partial charge in [0, 0.05) is 6.61 Å². The van der Waals surface area contributed by atoms with Gasteiger partial charge in [-0.1, -0.05) is 30.3 Å². The number of hydrogen-bond donors (Lipinski definition) is 0. The van der Waals surface area contributed by atoms with Gasteiger partial charge in [0.05, 0.1) is 6.61 Å². The highest BCUT2D eigenvalue weighted by molar-refractivity contribution is 5.54. The van der Waals surface area contributed by atoms with Crippen LogP contribution >= 0.6 is 0 Å². The highest BCUT2D eigenvalue weighted by Gasteiger charge is 2.38. The number of hydrogen-bond acceptors (Lipinski definition) is 2. The summed E-state index contributed by atoms with van der Waals surface area (Å²) >= 11 is 0. The fourth-order valence-electron chi connectivity index (χ4n) is 1.28. The summed E-state index contributed by atoms with van der Waals surface area (Å²) in [4.78, 5) is 10.2. The zero-order valence-electron chi connectivity index (χ0n) is 9.11. The van der Waals surface area contributed by atoms with Crippen molar-refractivity contribution < 1.29 is 22.7 Å². The van der Waals surface area contributed by atoms with Crippen molar-refractivity contribution in [1.29, 1.82) is 0 Å². The Hall–Kier alpha value is -1.36. The molecular formula is C12H13F3O2. The van der Waals surface area contributed by atoms with Crippen LogP contribution in [-0.2, 0) is 16.1 Å². The Labute approximate surface area is 97.4 Å². The fourth-order valence-corrected chi connectivity index (χ4v) is 1.28. The Morgan fingerprint density at radius 2 is 1.88 bits per heavy atom. The molecule has 1 aromatic carbocycles. The summed E-state index contributed by atoms with van der Waals surface area (Å²) in [5.74, 6) is -1.93. The number of carbonyl (C=O) groups is 1. The molecule has 17 heavy (non-hydrogen) atoms. The van der Waals surface area contributed by atoms with E-state index in [1.54, 1.807) is 0 Å². The average Bonchev–Trinajstić information content (AvgIpc) is 2.28. The van der Waals surface area contributed by atoms with Gasteiger partial charge in [0.25, 0.3) is 0 Å². The van der Waals surface area contributed by atoms with E-state index in [4.69, 9.17) is 4.74 Å². The third-order valence-electron chi connectivity index (χ3n) is 2.27. The molecule has 0 spiro atoms. The van der Waals surface area contributed by atoms with Gasteiger partial charge in [-0.3, -0.25) is 0 Å². The molecular weight excluding hydrogens is 233 g/mol. The van der Waals surface area contributed by atoms with Gasteiger partial charge >= 0.3 is 6.18 Å². The molecule has 2 nitrogen and oxygen atoms in total. The number of rotatable bonds is 6. The zero-order valence-corrected chi connectivity index (χ0v) is 9.11. The van der Waals surface area contributed by atoms with Crippen LogP contribution in [0.1, 0.15) is 12.0 Å². The van der Waals surface area contributed by atoms with E-state index in [1.165, 1.54) is 0 Å². The van der Waals surface area contributed by atoms with Crippen LogP contribution in [0.5, 0.6) is 0 Å². The van der Waals surface area contributed by atoms with Crippen LogP contribution < -0.4 is 0 Å². The molecule has 1 rings (SSSR count). The summed E-state index contributed by atoms with van der Waals surface area (Å²) in [6, 6.07) is 9.13. The largest absolute Gasteiger partial charge is 0.398 e. The first kappa shape index (κ1) is 13.7. The standard InChI is InChI=1S/C12H13F3O2/c13-12(14,15)11(8-16)6-7-17-9-10-4-2-1-3-5-10/h1-5,8,11H,6-7,9H2/t11-/m1/s1. The molecule has 0 N–H and O–H groups in total. The number of aldehydes is 1. The van der Waals surface area contributed by atoms with E-state index in [2.05, 4.69) is 0 Å². The maximum absolute atomic E-state index is 12.2. The van der Waals surface area contributed by atoms with Crippen molar-refractivity contribution in [3.8, 4) is 0 Å². The molecule has 1 aromatic rings. The normalized spacial score (nSPS) is 13.4. The van der Waals surface area contributed by atoms with E-state index in [-0.39, 0.29) is 25.9 Å². The average molecular weight is 246 g/mol. The van der Waals surface area contributed by atoms with Crippen LogP contribution in [0, 0.1) is 5.92 Å². The lowest BCUT2D eigenvalue weighted by Crippen LogP contribution is -2.25. The number of carbonyl (C=O) groups excluding carboxylic acids is 1. The molecule has 0 unspecified atom stereocenters. The molecule has 0 saturated carbocycles. The summed E-state index contributed by atoms with van der Waals surface area (Å²) < 4.78 is 41.6. The van der Waals surface area contributed by atoms with Crippen molar-refractivity contribution in [2.24, 2.45) is 5.92 Å². The van der Waals surface area contributed by atoms with Gasteiger partial charge in [-0.15, -0.1) is 0 Å². The first-order valence-corrected chi connectivity index (χ1v) is 5.17. The summed E-state index contributed by atoms with van der Waals surface area (Å²) in [5, 5.41) is 0. The topological polar surface area (TPSA) is 26.3 Å². The molecule has 0 aliphatic carbocycles. The Morgan fingerprint density at radius 1 is 1.24 bits per heavy atom. The second kappa shape index (κ2) is 6.39. The third kappa shape index (κ3) is 4.99. The molecule has 0 aliphatic heterocycles. The SMILES string of the molecule is O=C[C@@H](CCOCc1ccccc1)C(F)(F)F. The highest BCUT2D eigenvalue weighted by atomic mass is 19.4. The van der Waals surface area contributed by atoms with E-state index in [0.29, 0.717) is 0 Å². The fraction of sp³-hybridized carbons (Fsp3) is 0.417. The van der Waals surface area contributed by atoms with E-state index in [0.717, 1.165) is 5.56 Å². The number of alkyl halides is 3. The van der Waals surface area contributed by atoms with Crippen molar-refractivity contribution in [2.75, 3.05) is 6.61 Å². The molecule has 0 saturated heterocycles. The summed E-state index contributed by atoms with van der Waals surface area (Å²) in [7, 11) is 0. The van der Waals surface area contributed by atoms with E-state index in [9.17, 15) is 18.0 Å². The van der Waals surface area contributed by atoms with E-state index >= 15 is 0 Å². The number of ether oxygens (including phenoxy) is 1. The Balaban J connectivity index is 2.26. The minimum Gasteiger partial charge on any atom is -0.377 e. The van der Waals surface area contributed by atoms with Crippen molar-refractivity contribution in [3.05, 3.63) is 35.9 Å². The molecule has 0 fully saturated rings. The third-order valence-corrected chi connectivity index (χ3v) is 2.27. The second-order valence-corrected chi connectivity index (χ2v) is 3.61. The predicted octanol–water partition coefficient (Wildman–Crippen LogP) is 2.97. The van der Waals surface area contributed by atoms with Crippen LogP contribution in [0.3, 0.4) is 0 Å². The van der Waals surface area contributed by atoms with Crippen molar-refractivity contribution in [1.82, 2.24) is 0 Å². The van der Waals surface area contributed by atoms with Gasteiger partial charge in [-0.25, -0.2) is 0 Å². The first-order chi connectivity index (χ1) is 8.04. The summed E-state index contributed by atoms with van der Waals surface area (Å²) in [5.41, 5.74) is 0.891. The van der Waals surface area contributed by atoms with Crippen LogP contribution in [-0.4, -0.2) is 19.1 Å². The van der Waals surface area contributed by atoms with Crippen molar-refractivity contribution in [2.45, 2.75) is 19.2 Å². The Morgan fingerprint density at radius 3 is 2.41 bits per heavy atom. The first-order valence-electron chi connectivity index (χ1n) is 5.17. The molecule has 0 heterocycles. The second-order valence-electron chi connectivity index (χ2n) is 3.61. The Kier molecular flexibility index (Phi) is 5.15. The van der Waals surface area contributed by atoms with Gasteiger partial charge < -0.3 is 9.53 Å². The smallest absolute Gasteiger partial charge is 0.377 e. The van der Waals surface area contributed by atoms with Gasteiger partial charge in [-0.05, 0) is 12.0 Å². The summed E-state index contributed by atoms with van der Waals surface area (Å²) in [6.45, 7) is 0.169. The van der Waals surface area contributed by atoms with Crippen LogP contribution in [0.15, 0.2) is 30.3 Å². The lowest BCUT2D eigenvalue weighted by atomic mass is 10.1. The molecule has 5 heteroatoms. The zero-order chi connectivity index (χ0) is 12.7.